The molecule has 1 aliphatic carbocycles. The molecule has 3 aliphatic rings. The molecule has 1 amide bonds. The molecule has 0 spiro atoms. The normalized spacial score (nSPS) is 19.8. The van der Waals surface area contributed by atoms with Gasteiger partial charge in [-0.15, -0.1) is 11.3 Å². The van der Waals surface area contributed by atoms with Crippen molar-refractivity contribution in [1.82, 2.24) is 24.3 Å². The Morgan fingerprint density at radius 3 is 2.49 bits per heavy atom. The van der Waals surface area contributed by atoms with Crippen molar-refractivity contribution in [2.24, 2.45) is 18.9 Å². The van der Waals surface area contributed by atoms with Crippen LogP contribution in [0.2, 0.25) is 5.02 Å². The molecule has 0 radical (unpaired) electrons. The predicted octanol–water partition coefficient (Wildman–Crippen LogP) is 7.01. The number of fused-ring (bicyclic) bond motifs is 2. The fourth-order valence-corrected chi connectivity index (χ4v) is 9.02. The van der Waals surface area contributed by atoms with Gasteiger partial charge < -0.3 is 15.0 Å². The zero-order valence-corrected chi connectivity index (χ0v) is 28.8. The number of nitrogens with zero attached hydrogens (tertiary/aromatic N) is 5. The number of thiazole rings is 1. The highest BCUT2D eigenvalue weighted by Gasteiger charge is 2.29. The van der Waals surface area contributed by atoms with Crippen LogP contribution in [0.25, 0.3) is 21.7 Å². The summed E-state index contributed by atoms with van der Waals surface area (Å²) in [6.07, 6.45) is 5.46. The molecule has 0 saturated heterocycles. The summed E-state index contributed by atoms with van der Waals surface area (Å²) in [4.78, 5) is 40.7. The molecule has 1 saturated carbocycles. The lowest BCUT2D eigenvalue weighted by atomic mass is 9.80. The molecule has 11 heteroatoms. The van der Waals surface area contributed by atoms with Crippen molar-refractivity contribution in [3.63, 3.8) is 0 Å². The number of aromatic nitrogens is 3. The van der Waals surface area contributed by atoms with Crippen LogP contribution >= 0.6 is 22.9 Å². The van der Waals surface area contributed by atoms with Gasteiger partial charge in [-0.2, -0.15) is 0 Å². The van der Waals surface area contributed by atoms with Crippen molar-refractivity contribution in [2.75, 3.05) is 25.5 Å². The van der Waals surface area contributed by atoms with Gasteiger partial charge in [0.2, 0.25) is 0 Å². The summed E-state index contributed by atoms with van der Waals surface area (Å²) in [7, 11) is 4.03. The summed E-state index contributed by atoms with van der Waals surface area (Å²) in [6.45, 7) is 6.53. The minimum absolute atomic E-state index is 0.174. The van der Waals surface area contributed by atoms with E-state index in [4.69, 9.17) is 21.6 Å². The van der Waals surface area contributed by atoms with Crippen molar-refractivity contribution < 1.29 is 14.7 Å². The van der Waals surface area contributed by atoms with Crippen LogP contribution < -0.4 is 5.32 Å². The second-order valence-electron chi connectivity index (χ2n) is 13.4. The minimum atomic E-state index is -0.652. The number of amides is 1. The molecule has 0 unspecified atom stereocenters. The summed E-state index contributed by atoms with van der Waals surface area (Å²) in [5.74, 6) is -0.146. The Kier molecular flexibility index (Phi) is 8.95. The number of carbonyl (C=O) groups is 2. The lowest BCUT2D eigenvalue weighted by Gasteiger charge is -2.30. The number of carbonyl (C=O) groups excluding carboxylic acids is 1. The summed E-state index contributed by atoms with van der Waals surface area (Å²) in [5.41, 5.74) is 7.85. The molecule has 2 aliphatic heterocycles. The third kappa shape index (κ3) is 6.36. The van der Waals surface area contributed by atoms with Crippen molar-refractivity contribution in [3.05, 3.63) is 74.8 Å². The highest BCUT2D eigenvalue weighted by molar-refractivity contribution is 7.15. The molecule has 4 heterocycles. The van der Waals surface area contributed by atoms with Crippen molar-refractivity contribution >= 4 is 40.5 Å². The first-order valence-corrected chi connectivity index (χ1v) is 17.7. The van der Waals surface area contributed by atoms with Crippen LogP contribution in [0.4, 0.5) is 5.69 Å². The number of nitrogens with one attached hydrogen (secondary N) is 1. The second kappa shape index (κ2) is 13.1. The number of imidazole rings is 1. The average molecular weight is 673 g/mol. The molecule has 9 nitrogen and oxygen atoms in total. The van der Waals surface area contributed by atoms with Crippen molar-refractivity contribution in [3.8, 4) is 21.7 Å². The van der Waals surface area contributed by atoms with Crippen LogP contribution in [0.15, 0.2) is 36.4 Å². The zero-order chi connectivity index (χ0) is 32.8. The van der Waals surface area contributed by atoms with Crippen molar-refractivity contribution in [1.29, 1.82) is 0 Å². The third-order valence-corrected chi connectivity index (χ3v) is 11.8. The van der Waals surface area contributed by atoms with Crippen LogP contribution in [-0.2, 0) is 37.9 Å². The van der Waals surface area contributed by atoms with Crippen LogP contribution in [0.5, 0.6) is 0 Å². The summed E-state index contributed by atoms with van der Waals surface area (Å²) >= 11 is 8.77. The van der Waals surface area contributed by atoms with E-state index in [2.05, 4.69) is 41.2 Å². The molecule has 246 valence electrons. The van der Waals surface area contributed by atoms with Gasteiger partial charge in [-0.1, -0.05) is 41.9 Å². The third-order valence-electron chi connectivity index (χ3n) is 10.3. The maximum Gasteiger partial charge on any atom is 0.306 e. The number of anilines is 1. The standard InChI is InChI=1S/C36H41ClN6O3S/c1-21-24(6-4-7-25(21)35-40-29-18-41(2)20-31(29)47-35)26-8-5-9-27(32(26)37)39-34(44)33-38-28-19-43(17-15-30(28)42(33)3)16-14-22-10-12-23(13-11-22)36(45)46/h4-9,22-23H,10-20H2,1-3H3,(H,39,44)(H,45,46). The van der Waals surface area contributed by atoms with Gasteiger partial charge in [0, 0.05) is 61.3 Å². The fraction of sp³-hybridized carbons (Fsp3) is 0.444. The Balaban J connectivity index is 1.04. The number of hydrogen-bond donors (Lipinski definition) is 2. The number of rotatable bonds is 8. The fourth-order valence-electron chi connectivity index (χ4n) is 7.52. The van der Waals surface area contributed by atoms with E-state index in [1.54, 1.807) is 11.3 Å². The van der Waals surface area contributed by atoms with Gasteiger partial charge in [0.25, 0.3) is 5.91 Å². The number of carboxylic acid groups (broad SMARTS) is 1. The number of carboxylic acids is 1. The van der Waals surface area contributed by atoms with E-state index in [0.717, 1.165) is 103 Å². The Bertz CT molecular complexity index is 1820. The van der Waals surface area contributed by atoms with E-state index in [9.17, 15) is 14.7 Å². The van der Waals surface area contributed by atoms with E-state index >= 15 is 0 Å². The van der Waals surface area contributed by atoms with Gasteiger partial charge in [0.15, 0.2) is 5.82 Å². The monoisotopic (exact) mass is 672 g/mol. The average Bonchev–Trinajstić information content (AvgIpc) is 3.72. The number of benzene rings is 2. The van der Waals surface area contributed by atoms with Crippen LogP contribution in [-0.4, -0.2) is 61.5 Å². The highest BCUT2D eigenvalue weighted by atomic mass is 35.5. The van der Waals surface area contributed by atoms with E-state index in [1.165, 1.54) is 10.6 Å². The van der Waals surface area contributed by atoms with Crippen LogP contribution in [0, 0.1) is 18.8 Å². The first-order chi connectivity index (χ1) is 22.7. The van der Waals surface area contributed by atoms with E-state index in [-0.39, 0.29) is 11.8 Å². The van der Waals surface area contributed by atoms with Crippen LogP contribution in [0.3, 0.4) is 0 Å². The summed E-state index contributed by atoms with van der Waals surface area (Å²) < 4.78 is 1.92. The van der Waals surface area contributed by atoms with E-state index in [1.807, 2.05) is 35.9 Å². The quantitative estimate of drug-likeness (QED) is 0.208. The zero-order valence-electron chi connectivity index (χ0n) is 27.2. The Labute approximate surface area is 284 Å². The van der Waals surface area contributed by atoms with Gasteiger partial charge in [0.05, 0.1) is 28.0 Å². The van der Waals surface area contributed by atoms with E-state index in [0.29, 0.717) is 29.0 Å². The lowest BCUT2D eigenvalue weighted by molar-refractivity contribution is -0.143. The Morgan fingerprint density at radius 1 is 0.979 bits per heavy atom. The molecule has 4 aromatic rings. The molecular formula is C36H41ClN6O3S. The van der Waals surface area contributed by atoms with Gasteiger partial charge in [0.1, 0.15) is 5.01 Å². The second-order valence-corrected chi connectivity index (χ2v) is 14.9. The van der Waals surface area contributed by atoms with Gasteiger partial charge in [-0.25, -0.2) is 9.97 Å². The Morgan fingerprint density at radius 2 is 1.72 bits per heavy atom. The SMILES string of the molecule is Cc1c(-c2nc3c(s2)CN(C)C3)cccc1-c1cccc(NC(=O)c2nc3c(n2C)CCN(CCC2CCC(C(=O)O)CC2)C3)c1Cl. The molecule has 2 aromatic carbocycles. The summed E-state index contributed by atoms with van der Waals surface area (Å²) in [5, 5.41) is 13.9. The largest absolute Gasteiger partial charge is 0.481 e. The van der Waals surface area contributed by atoms with E-state index < -0.39 is 5.97 Å². The van der Waals surface area contributed by atoms with Crippen molar-refractivity contribution in [2.45, 2.75) is 65.1 Å². The molecular weight excluding hydrogens is 632 g/mol. The Hall–Kier alpha value is -3.57. The highest BCUT2D eigenvalue weighted by Crippen LogP contribution is 2.41. The molecule has 2 N–H and O–H groups in total. The number of aliphatic carboxylic acids is 1. The minimum Gasteiger partial charge on any atom is -0.481 e. The van der Waals surface area contributed by atoms with Gasteiger partial charge >= 0.3 is 5.97 Å². The molecule has 1 fully saturated rings. The number of halogens is 1. The van der Waals surface area contributed by atoms with Gasteiger partial charge in [-0.3, -0.25) is 19.4 Å². The molecule has 7 rings (SSSR count). The topological polar surface area (TPSA) is 104 Å². The maximum atomic E-state index is 13.6. The lowest BCUT2D eigenvalue weighted by Crippen LogP contribution is -2.33. The first kappa shape index (κ1) is 32.0. The van der Waals surface area contributed by atoms with Gasteiger partial charge in [-0.05, 0) is 75.7 Å². The molecule has 47 heavy (non-hydrogen) atoms. The summed E-state index contributed by atoms with van der Waals surface area (Å²) in [6, 6.07) is 12.0. The maximum absolute atomic E-state index is 13.6. The smallest absolute Gasteiger partial charge is 0.306 e. The first-order valence-electron chi connectivity index (χ1n) is 16.5. The number of hydrogen-bond acceptors (Lipinski definition) is 7. The molecule has 2 aromatic heterocycles. The molecule has 0 atom stereocenters. The molecule has 0 bridgehead atoms. The predicted molar refractivity (Wildman–Crippen MR) is 186 cm³/mol. The van der Waals surface area contributed by atoms with Crippen LogP contribution in [0.1, 0.15) is 70.2 Å².